The fourth-order valence-electron chi connectivity index (χ4n) is 4.50. The van der Waals surface area contributed by atoms with Crippen molar-refractivity contribution < 1.29 is 18.0 Å². The first-order valence-corrected chi connectivity index (χ1v) is 11.2. The molecule has 5 nitrogen and oxygen atoms in total. The molecule has 0 bridgehead atoms. The van der Waals surface area contributed by atoms with Crippen LogP contribution >= 0.6 is 11.6 Å². The van der Waals surface area contributed by atoms with Crippen LogP contribution in [-0.4, -0.2) is 55.1 Å². The van der Waals surface area contributed by atoms with Gasteiger partial charge in [0.1, 0.15) is 5.82 Å². The average molecular weight is 467 g/mol. The van der Waals surface area contributed by atoms with Gasteiger partial charge in [-0.05, 0) is 37.5 Å². The Balaban J connectivity index is 1.31. The number of hydrogen-bond donors (Lipinski definition) is 0. The van der Waals surface area contributed by atoms with E-state index in [4.69, 9.17) is 11.6 Å². The highest BCUT2D eigenvalue weighted by Crippen LogP contribution is 2.35. The van der Waals surface area contributed by atoms with Gasteiger partial charge in [-0.15, -0.1) is 0 Å². The third-order valence-electron chi connectivity index (χ3n) is 6.34. The second kappa shape index (κ2) is 9.17. The Morgan fingerprint density at radius 1 is 1.03 bits per heavy atom. The van der Waals surface area contributed by atoms with E-state index >= 15 is 0 Å². The Hall–Kier alpha value is -2.48. The van der Waals surface area contributed by atoms with Gasteiger partial charge in [0.15, 0.2) is 0 Å². The topological polar surface area (TPSA) is 39.7 Å². The van der Waals surface area contributed by atoms with Gasteiger partial charge in [-0.3, -0.25) is 4.79 Å². The van der Waals surface area contributed by atoms with E-state index < -0.39 is 11.7 Å². The number of alkyl halides is 3. The lowest BCUT2D eigenvalue weighted by Gasteiger charge is -2.40. The number of carbonyl (C=O) groups is 1. The van der Waals surface area contributed by atoms with Gasteiger partial charge in [0.25, 0.3) is 0 Å². The Labute approximate surface area is 190 Å². The molecule has 1 amide bonds. The summed E-state index contributed by atoms with van der Waals surface area (Å²) >= 11 is 6.08. The first kappa shape index (κ1) is 22.7. The van der Waals surface area contributed by atoms with E-state index in [1.807, 2.05) is 21.9 Å². The van der Waals surface area contributed by atoms with Gasteiger partial charge in [-0.1, -0.05) is 29.8 Å². The lowest BCUT2D eigenvalue weighted by molar-refractivity contribution is -0.138. The van der Waals surface area contributed by atoms with Crippen molar-refractivity contribution in [1.82, 2.24) is 9.88 Å². The molecular weight excluding hydrogens is 441 g/mol. The van der Waals surface area contributed by atoms with Gasteiger partial charge in [0.2, 0.25) is 5.91 Å². The smallest absolute Gasteiger partial charge is 0.368 e. The van der Waals surface area contributed by atoms with Crippen molar-refractivity contribution in [2.24, 2.45) is 5.92 Å². The fourth-order valence-corrected chi connectivity index (χ4v) is 4.79. The van der Waals surface area contributed by atoms with E-state index in [0.717, 1.165) is 25.4 Å². The van der Waals surface area contributed by atoms with E-state index in [9.17, 15) is 18.0 Å². The van der Waals surface area contributed by atoms with Crippen LogP contribution in [-0.2, 0) is 11.0 Å². The van der Waals surface area contributed by atoms with Crippen LogP contribution in [0.3, 0.4) is 0 Å². The molecule has 0 saturated carbocycles. The van der Waals surface area contributed by atoms with Gasteiger partial charge >= 0.3 is 6.18 Å². The van der Waals surface area contributed by atoms with Gasteiger partial charge in [-0.2, -0.15) is 13.2 Å². The second-order valence-electron chi connectivity index (χ2n) is 8.39. The summed E-state index contributed by atoms with van der Waals surface area (Å²) in [5.41, 5.74) is 1.59. The van der Waals surface area contributed by atoms with Gasteiger partial charge in [0.05, 0.1) is 10.6 Å². The maximum Gasteiger partial charge on any atom is 0.417 e. The number of hydrogen-bond acceptors (Lipinski definition) is 4. The summed E-state index contributed by atoms with van der Waals surface area (Å²) in [4.78, 5) is 23.1. The minimum atomic E-state index is -4.47. The van der Waals surface area contributed by atoms with Crippen molar-refractivity contribution in [3.63, 3.8) is 0 Å². The van der Waals surface area contributed by atoms with E-state index in [-0.39, 0.29) is 16.8 Å². The number of nitrogens with zero attached hydrogens (tertiary/aromatic N) is 4. The van der Waals surface area contributed by atoms with Gasteiger partial charge in [0, 0.05) is 57.1 Å². The Morgan fingerprint density at radius 2 is 1.69 bits per heavy atom. The molecule has 0 N–H and O–H groups in total. The summed E-state index contributed by atoms with van der Waals surface area (Å²) in [5.74, 6) is 0.433. The van der Waals surface area contributed by atoms with Crippen LogP contribution in [0.15, 0.2) is 36.5 Å². The van der Waals surface area contributed by atoms with E-state index in [1.54, 1.807) is 0 Å². The number of carbonyl (C=O) groups excluding carboxylic acids is 1. The number of para-hydroxylation sites is 1. The zero-order valence-electron chi connectivity index (χ0n) is 17.9. The lowest BCUT2D eigenvalue weighted by Crippen LogP contribution is -2.52. The molecule has 2 saturated heterocycles. The number of pyridine rings is 1. The molecule has 0 atom stereocenters. The summed E-state index contributed by atoms with van der Waals surface area (Å²) in [7, 11) is 0. The Morgan fingerprint density at radius 3 is 2.28 bits per heavy atom. The molecule has 4 rings (SSSR count). The number of benzene rings is 1. The Bertz CT molecular complexity index is 968. The van der Waals surface area contributed by atoms with Crippen molar-refractivity contribution in [2.45, 2.75) is 25.9 Å². The summed E-state index contributed by atoms with van der Waals surface area (Å²) in [5, 5.41) is -0.0167. The van der Waals surface area contributed by atoms with Crippen LogP contribution < -0.4 is 9.80 Å². The zero-order chi connectivity index (χ0) is 22.9. The summed E-state index contributed by atoms with van der Waals surface area (Å²) in [6, 6.07) is 9.18. The maximum atomic E-state index is 13.1. The minimum Gasteiger partial charge on any atom is -0.368 e. The number of anilines is 2. The van der Waals surface area contributed by atoms with Gasteiger partial charge < -0.3 is 14.7 Å². The van der Waals surface area contributed by atoms with Crippen molar-refractivity contribution >= 4 is 29.0 Å². The molecular formula is C23H26ClF3N4O. The molecule has 1 aromatic carbocycles. The van der Waals surface area contributed by atoms with Crippen LogP contribution in [0.4, 0.5) is 24.7 Å². The van der Waals surface area contributed by atoms with Gasteiger partial charge in [-0.25, -0.2) is 4.98 Å². The number of aryl methyl sites for hydroxylation is 1. The highest BCUT2D eigenvalue weighted by Gasteiger charge is 2.34. The number of rotatable bonds is 3. The minimum absolute atomic E-state index is 0.0167. The van der Waals surface area contributed by atoms with Crippen molar-refractivity contribution in [2.75, 3.05) is 49.1 Å². The molecule has 0 aliphatic carbocycles. The fraction of sp³-hybridized carbons (Fsp3) is 0.478. The molecule has 9 heteroatoms. The van der Waals surface area contributed by atoms with Crippen LogP contribution in [0.5, 0.6) is 0 Å². The molecule has 2 aliphatic rings. The molecule has 172 valence electrons. The number of piperidine rings is 1. The maximum absolute atomic E-state index is 13.1. The van der Waals surface area contributed by atoms with Crippen molar-refractivity contribution in [1.29, 1.82) is 0 Å². The molecule has 2 aromatic rings. The predicted molar refractivity (Wildman–Crippen MR) is 119 cm³/mol. The summed E-state index contributed by atoms with van der Waals surface area (Å²) in [6.07, 6.45) is -2.39. The number of aromatic nitrogens is 1. The van der Waals surface area contributed by atoms with E-state index in [2.05, 4.69) is 28.9 Å². The molecule has 0 radical (unpaired) electrons. The Kier molecular flexibility index (Phi) is 6.51. The third-order valence-corrected chi connectivity index (χ3v) is 6.62. The standard InChI is InChI=1S/C23H26ClF3N4O/c1-16-4-2-3-5-20(16)29-10-12-31(13-11-29)22(32)17-6-8-30(9-7-17)21-19(24)14-18(15-28-21)23(25,26)27/h2-5,14-15,17H,6-13H2,1H3. The first-order chi connectivity index (χ1) is 15.2. The second-order valence-corrected chi connectivity index (χ2v) is 8.79. The summed E-state index contributed by atoms with van der Waals surface area (Å²) < 4.78 is 38.5. The molecule has 0 spiro atoms. The van der Waals surface area contributed by atoms with Crippen LogP contribution in [0.1, 0.15) is 24.0 Å². The van der Waals surface area contributed by atoms with E-state index in [0.29, 0.717) is 44.8 Å². The molecule has 32 heavy (non-hydrogen) atoms. The van der Waals surface area contributed by atoms with Crippen LogP contribution in [0, 0.1) is 12.8 Å². The van der Waals surface area contributed by atoms with Crippen molar-refractivity contribution in [3.8, 4) is 0 Å². The summed E-state index contributed by atoms with van der Waals surface area (Å²) in [6.45, 7) is 6.17. The van der Waals surface area contributed by atoms with E-state index in [1.165, 1.54) is 11.3 Å². The van der Waals surface area contributed by atoms with Crippen LogP contribution in [0.25, 0.3) is 0 Å². The SMILES string of the molecule is Cc1ccccc1N1CCN(C(=O)C2CCN(c3ncc(C(F)(F)F)cc3Cl)CC2)CC1. The first-order valence-electron chi connectivity index (χ1n) is 10.8. The average Bonchev–Trinajstić information content (AvgIpc) is 2.79. The quantitative estimate of drug-likeness (QED) is 0.661. The monoisotopic (exact) mass is 466 g/mol. The zero-order valence-corrected chi connectivity index (χ0v) is 18.7. The van der Waals surface area contributed by atoms with Crippen molar-refractivity contribution in [3.05, 3.63) is 52.7 Å². The molecule has 0 unspecified atom stereocenters. The molecule has 2 aliphatic heterocycles. The largest absolute Gasteiger partial charge is 0.417 e. The highest BCUT2D eigenvalue weighted by atomic mass is 35.5. The number of piperazine rings is 1. The molecule has 2 fully saturated rings. The molecule has 1 aromatic heterocycles. The van der Waals surface area contributed by atoms with Crippen LogP contribution in [0.2, 0.25) is 5.02 Å². The number of halogens is 4. The predicted octanol–water partition coefficient (Wildman–Crippen LogP) is 4.63. The normalized spacial score (nSPS) is 18.2. The molecule has 3 heterocycles. The third kappa shape index (κ3) is 4.80. The highest BCUT2D eigenvalue weighted by molar-refractivity contribution is 6.33. The number of amides is 1. The lowest BCUT2D eigenvalue weighted by atomic mass is 9.95.